The number of hydrogen-bond donors (Lipinski definition) is 2. The number of aromatic nitrogens is 2. The lowest BCUT2D eigenvalue weighted by atomic mass is 9.99. The van der Waals surface area contributed by atoms with E-state index in [1.807, 2.05) is 31.2 Å². The van der Waals surface area contributed by atoms with Gasteiger partial charge in [-0.2, -0.15) is 0 Å². The summed E-state index contributed by atoms with van der Waals surface area (Å²) in [6.07, 6.45) is 3.37. The summed E-state index contributed by atoms with van der Waals surface area (Å²) < 4.78 is 1.50. The predicted octanol–water partition coefficient (Wildman–Crippen LogP) is 5.37. The van der Waals surface area contributed by atoms with Gasteiger partial charge in [0.15, 0.2) is 0 Å². The Balaban J connectivity index is 0.000000205. The highest BCUT2D eigenvalue weighted by atomic mass is 35.5. The fourth-order valence-corrected chi connectivity index (χ4v) is 4.20. The predicted molar refractivity (Wildman–Crippen MR) is 139 cm³/mol. The molecule has 0 aliphatic rings. The lowest BCUT2D eigenvalue weighted by molar-refractivity contribution is -0.135. The Labute approximate surface area is 215 Å². The van der Waals surface area contributed by atoms with E-state index in [2.05, 4.69) is 10.3 Å². The smallest absolute Gasteiger partial charge is 0.322 e. The van der Waals surface area contributed by atoms with Crippen molar-refractivity contribution in [3.8, 4) is 11.1 Å². The van der Waals surface area contributed by atoms with Gasteiger partial charge < -0.3 is 15.0 Å². The summed E-state index contributed by atoms with van der Waals surface area (Å²) in [6, 6.07) is 14.1. The molecule has 35 heavy (non-hydrogen) atoms. The minimum atomic E-state index is -1.13. The molecular formula is C25H20Cl3N3O4. The molecule has 0 atom stereocenters. The highest BCUT2D eigenvalue weighted by molar-refractivity contribution is 6.39. The van der Waals surface area contributed by atoms with E-state index in [1.54, 1.807) is 31.6 Å². The van der Waals surface area contributed by atoms with Crippen molar-refractivity contribution in [2.45, 2.75) is 6.92 Å². The minimum absolute atomic E-state index is 0.0663. The average molecular weight is 533 g/mol. The van der Waals surface area contributed by atoms with Crippen LogP contribution in [0, 0.1) is 6.92 Å². The van der Waals surface area contributed by atoms with Crippen LogP contribution in [-0.4, -0.2) is 33.1 Å². The second kappa shape index (κ2) is 11.4. The van der Waals surface area contributed by atoms with Crippen LogP contribution in [0.1, 0.15) is 15.9 Å². The minimum Gasteiger partial charge on any atom is -0.480 e. The monoisotopic (exact) mass is 531 g/mol. The summed E-state index contributed by atoms with van der Waals surface area (Å²) in [5, 5.41) is 12.4. The number of pyridine rings is 2. The zero-order valence-corrected chi connectivity index (χ0v) is 20.9. The van der Waals surface area contributed by atoms with Gasteiger partial charge in [0.05, 0.1) is 26.1 Å². The van der Waals surface area contributed by atoms with E-state index in [0.29, 0.717) is 10.6 Å². The van der Waals surface area contributed by atoms with Gasteiger partial charge in [-0.05, 0) is 42.3 Å². The third kappa shape index (κ3) is 6.19. The van der Waals surface area contributed by atoms with Crippen LogP contribution in [0.5, 0.6) is 0 Å². The summed E-state index contributed by atoms with van der Waals surface area (Å²) in [6.45, 7) is 1.54. The number of carboxylic acids is 1. The summed E-state index contributed by atoms with van der Waals surface area (Å²) in [5.41, 5.74) is 3.47. The van der Waals surface area contributed by atoms with Gasteiger partial charge in [0.2, 0.25) is 0 Å². The van der Waals surface area contributed by atoms with E-state index < -0.39 is 18.4 Å². The molecule has 4 aromatic rings. The molecular weight excluding hydrogens is 513 g/mol. The molecule has 0 radical (unpaired) electrons. The fraction of sp³-hybridized carbons (Fsp3) is 0.120. The number of halogens is 3. The Hall–Kier alpha value is -3.39. The maximum absolute atomic E-state index is 12.3. The van der Waals surface area contributed by atoms with Crippen LogP contribution >= 0.6 is 34.8 Å². The molecule has 4 rings (SSSR count). The molecule has 0 fully saturated rings. The number of amides is 1. The molecule has 0 spiro atoms. The number of rotatable bonds is 4. The number of nitrogens with one attached hydrogen (secondary N) is 1. The molecule has 0 aliphatic carbocycles. The number of aliphatic carboxylic acids is 1. The van der Waals surface area contributed by atoms with Crippen LogP contribution in [0.3, 0.4) is 0 Å². The van der Waals surface area contributed by atoms with E-state index in [0.717, 1.165) is 22.0 Å². The molecule has 1 amide bonds. The van der Waals surface area contributed by atoms with E-state index in [1.165, 1.54) is 16.7 Å². The Morgan fingerprint density at radius 3 is 2.37 bits per heavy atom. The summed E-state index contributed by atoms with van der Waals surface area (Å²) >= 11 is 17.6. The normalized spacial score (nSPS) is 10.4. The summed E-state index contributed by atoms with van der Waals surface area (Å²) in [4.78, 5) is 38.4. The highest BCUT2D eigenvalue weighted by Gasteiger charge is 2.15. The van der Waals surface area contributed by atoms with Crippen LogP contribution in [0.25, 0.3) is 22.0 Å². The number of carboxylic acid groups (broad SMARTS) is 1. The van der Waals surface area contributed by atoms with Crippen LogP contribution in [0.15, 0.2) is 65.7 Å². The van der Waals surface area contributed by atoms with Gasteiger partial charge in [-0.3, -0.25) is 19.4 Å². The molecule has 0 bridgehead atoms. The van der Waals surface area contributed by atoms with Crippen molar-refractivity contribution in [2.75, 3.05) is 6.54 Å². The first-order valence-electron chi connectivity index (χ1n) is 10.2. The van der Waals surface area contributed by atoms with Crippen LogP contribution in [0.2, 0.25) is 15.1 Å². The third-order valence-electron chi connectivity index (χ3n) is 5.00. The van der Waals surface area contributed by atoms with Crippen LogP contribution < -0.4 is 10.9 Å². The number of fused-ring (bicyclic) bond motifs is 1. The van der Waals surface area contributed by atoms with Gasteiger partial charge >= 0.3 is 5.97 Å². The first-order valence-corrected chi connectivity index (χ1v) is 11.4. The van der Waals surface area contributed by atoms with E-state index in [-0.39, 0.29) is 21.2 Å². The number of nitrogens with zero attached hydrogens (tertiary/aromatic N) is 2. The molecule has 2 aromatic heterocycles. The van der Waals surface area contributed by atoms with Crippen LogP contribution in [-0.2, 0) is 11.8 Å². The first kappa shape index (κ1) is 26.2. The Morgan fingerprint density at radius 1 is 1.03 bits per heavy atom. The van der Waals surface area contributed by atoms with E-state index in [9.17, 15) is 14.4 Å². The van der Waals surface area contributed by atoms with Crippen molar-refractivity contribution in [3.63, 3.8) is 0 Å². The summed E-state index contributed by atoms with van der Waals surface area (Å²) in [5.74, 6) is -1.74. The van der Waals surface area contributed by atoms with Gasteiger partial charge in [0.1, 0.15) is 6.54 Å². The maximum Gasteiger partial charge on any atom is 0.322 e. The number of carbonyl (C=O) groups excluding carboxylic acids is 1. The van der Waals surface area contributed by atoms with Crippen molar-refractivity contribution >= 4 is 57.6 Å². The van der Waals surface area contributed by atoms with Gasteiger partial charge in [-0.25, -0.2) is 0 Å². The SMILES string of the molecule is Cc1ccc(-c2cc(Cl)cn(C)c2=O)c2cccnc12.O=C(O)CNC(=O)c1c(Cl)cccc1Cl. The lowest BCUT2D eigenvalue weighted by Gasteiger charge is -2.09. The van der Waals surface area contributed by atoms with Gasteiger partial charge in [-0.15, -0.1) is 0 Å². The highest BCUT2D eigenvalue weighted by Crippen LogP contribution is 2.28. The molecule has 2 heterocycles. The van der Waals surface area contributed by atoms with E-state index in [4.69, 9.17) is 39.9 Å². The average Bonchev–Trinajstić information content (AvgIpc) is 2.81. The second-order valence-corrected chi connectivity index (χ2v) is 8.74. The van der Waals surface area contributed by atoms with Gasteiger partial charge in [0.25, 0.3) is 11.5 Å². The van der Waals surface area contributed by atoms with Crippen molar-refractivity contribution in [2.24, 2.45) is 7.05 Å². The fourth-order valence-electron chi connectivity index (χ4n) is 3.37. The number of aryl methyl sites for hydroxylation is 2. The largest absolute Gasteiger partial charge is 0.480 e. The standard InChI is InChI=1S/C16H13ClN2O.C9H7Cl2NO3/c1-10-5-6-12(13-4-3-7-18-15(10)13)14-8-11(17)9-19(2)16(14)20;10-5-2-1-3-6(11)8(5)9(15)12-4-7(13)14/h3-9H,1-2H3;1-3H,4H2,(H,12,15)(H,13,14). The van der Waals surface area contributed by atoms with Gasteiger partial charge in [-0.1, -0.05) is 59.1 Å². The van der Waals surface area contributed by atoms with Crippen molar-refractivity contribution < 1.29 is 14.7 Å². The molecule has 0 unspecified atom stereocenters. The molecule has 2 N–H and O–H groups in total. The molecule has 0 aliphatic heterocycles. The third-order valence-corrected chi connectivity index (χ3v) is 5.84. The maximum atomic E-state index is 12.3. The zero-order chi connectivity index (χ0) is 25.7. The molecule has 180 valence electrons. The molecule has 7 nitrogen and oxygen atoms in total. The Kier molecular flexibility index (Phi) is 8.51. The quantitative estimate of drug-likeness (QED) is 0.368. The van der Waals surface area contributed by atoms with E-state index >= 15 is 0 Å². The van der Waals surface area contributed by atoms with Gasteiger partial charge in [0, 0.05) is 30.4 Å². The van der Waals surface area contributed by atoms with Crippen molar-refractivity contribution in [1.82, 2.24) is 14.9 Å². The number of hydrogen-bond acceptors (Lipinski definition) is 4. The molecule has 0 saturated heterocycles. The Bertz CT molecular complexity index is 1460. The first-order chi connectivity index (χ1) is 16.6. The molecule has 2 aromatic carbocycles. The lowest BCUT2D eigenvalue weighted by Crippen LogP contribution is -2.29. The Morgan fingerprint density at radius 2 is 1.71 bits per heavy atom. The molecule has 10 heteroatoms. The topological polar surface area (TPSA) is 101 Å². The van der Waals surface area contributed by atoms with Crippen molar-refractivity contribution in [3.05, 3.63) is 97.5 Å². The van der Waals surface area contributed by atoms with Crippen LogP contribution in [0.4, 0.5) is 0 Å². The second-order valence-electron chi connectivity index (χ2n) is 7.49. The van der Waals surface area contributed by atoms with Crippen molar-refractivity contribution in [1.29, 1.82) is 0 Å². The number of carbonyl (C=O) groups is 2. The number of benzene rings is 2. The molecule has 0 saturated carbocycles. The zero-order valence-electron chi connectivity index (χ0n) is 18.7. The summed E-state index contributed by atoms with van der Waals surface area (Å²) in [7, 11) is 1.70.